The zero-order chi connectivity index (χ0) is 25.6. The Bertz CT molecular complexity index is 1350. The summed E-state index contributed by atoms with van der Waals surface area (Å²) < 4.78 is 54.3. The van der Waals surface area contributed by atoms with Gasteiger partial charge in [-0.3, -0.25) is 9.36 Å². The van der Waals surface area contributed by atoms with Crippen molar-refractivity contribution in [2.24, 2.45) is 0 Å². The van der Waals surface area contributed by atoms with Crippen LogP contribution in [0.1, 0.15) is 32.1 Å². The van der Waals surface area contributed by atoms with Crippen LogP contribution < -0.4 is 20.5 Å². The number of fused-ring (bicyclic) bond motifs is 1. The van der Waals surface area contributed by atoms with Crippen molar-refractivity contribution in [1.82, 2.24) is 9.88 Å². The summed E-state index contributed by atoms with van der Waals surface area (Å²) in [5.41, 5.74) is 0.657. The Labute approximate surface area is 213 Å². The van der Waals surface area contributed by atoms with Gasteiger partial charge in [0, 0.05) is 62.3 Å². The highest BCUT2D eigenvalue weighted by Gasteiger charge is 2.46. The van der Waals surface area contributed by atoms with Gasteiger partial charge in [0.1, 0.15) is 18.2 Å². The highest BCUT2D eigenvalue weighted by Crippen LogP contribution is 2.38. The number of hydrogen-bond donors (Lipinski definition) is 1. The van der Waals surface area contributed by atoms with Gasteiger partial charge in [0.05, 0.1) is 17.5 Å². The molecule has 1 aromatic heterocycles. The highest BCUT2D eigenvalue weighted by molar-refractivity contribution is 5.83. The molecule has 37 heavy (non-hydrogen) atoms. The van der Waals surface area contributed by atoms with Crippen molar-refractivity contribution in [2.45, 2.75) is 56.2 Å². The molecule has 1 aliphatic carbocycles. The van der Waals surface area contributed by atoms with Crippen LogP contribution in [-0.4, -0.2) is 55.0 Å². The van der Waals surface area contributed by atoms with E-state index in [-0.39, 0.29) is 36.6 Å². The topological polar surface area (TPSA) is 55.7 Å². The summed E-state index contributed by atoms with van der Waals surface area (Å²) in [6, 6.07) is 11.8. The first-order valence-electron chi connectivity index (χ1n) is 12.9. The van der Waals surface area contributed by atoms with Crippen LogP contribution in [0, 0.1) is 5.82 Å². The van der Waals surface area contributed by atoms with Gasteiger partial charge in [0.2, 0.25) is 0 Å². The van der Waals surface area contributed by atoms with E-state index in [1.807, 2.05) is 17.0 Å². The predicted molar refractivity (Wildman–Crippen MR) is 136 cm³/mol. The molecule has 0 bridgehead atoms. The minimum absolute atomic E-state index is 0.0582. The average molecular weight is 514 g/mol. The van der Waals surface area contributed by atoms with Crippen molar-refractivity contribution in [3.8, 4) is 11.4 Å². The maximum Gasteiger partial charge on any atom is 0.262 e. The van der Waals surface area contributed by atoms with Crippen molar-refractivity contribution >= 4 is 16.5 Å². The van der Waals surface area contributed by atoms with Gasteiger partial charge in [-0.1, -0.05) is 0 Å². The first kappa shape index (κ1) is 24.3. The lowest BCUT2D eigenvalue weighted by Crippen LogP contribution is -2.52. The zero-order valence-corrected chi connectivity index (χ0v) is 20.5. The quantitative estimate of drug-likeness (QED) is 0.499. The maximum atomic E-state index is 15.2. The molecule has 0 radical (unpaired) electrons. The lowest BCUT2D eigenvalue weighted by Gasteiger charge is -2.37. The Kier molecular flexibility index (Phi) is 6.36. The predicted octanol–water partition coefficient (Wildman–Crippen LogP) is 4.65. The van der Waals surface area contributed by atoms with Crippen molar-refractivity contribution < 1.29 is 22.6 Å². The number of halogens is 3. The number of nitrogens with zero attached hydrogens (tertiary/aromatic N) is 2. The van der Waals surface area contributed by atoms with E-state index >= 15 is 4.39 Å². The van der Waals surface area contributed by atoms with E-state index in [0.717, 1.165) is 31.3 Å². The second-order valence-electron chi connectivity index (χ2n) is 10.4. The van der Waals surface area contributed by atoms with Gasteiger partial charge in [0.25, 0.3) is 11.5 Å². The van der Waals surface area contributed by atoms with Gasteiger partial charge < -0.3 is 19.7 Å². The number of aromatic nitrogens is 1. The smallest absolute Gasteiger partial charge is 0.262 e. The molecule has 9 heteroatoms. The van der Waals surface area contributed by atoms with Gasteiger partial charge in [0.15, 0.2) is 0 Å². The molecule has 2 unspecified atom stereocenters. The number of nitrogens with one attached hydrogen (secondary N) is 1. The molecule has 3 fully saturated rings. The van der Waals surface area contributed by atoms with E-state index in [1.54, 1.807) is 30.5 Å². The molecule has 6 nitrogen and oxygen atoms in total. The molecule has 1 saturated carbocycles. The fourth-order valence-corrected chi connectivity index (χ4v) is 5.61. The largest absolute Gasteiger partial charge is 0.491 e. The lowest BCUT2D eigenvalue weighted by atomic mass is 9.87. The molecule has 0 amide bonds. The number of ether oxygens (including phenoxy) is 2. The Morgan fingerprint density at radius 2 is 1.95 bits per heavy atom. The third-order valence-electron chi connectivity index (χ3n) is 7.64. The summed E-state index contributed by atoms with van der Waals surface area (Å²) in [5, 5.41) is 4.55. The van der Waals surface area contributed by atoms with Gasteiger partial charge >= 0.3 is 0 Å². The van der Waals surface area contributed by atoms with Crippen LogP contribution in [0.15, 0.2) is 53.5 Å². The summed E-state index contributed by atoms with van der Waals surface area (Å²) in [6.45, 7) is 2.46. The average Bonchev–Trinajstić information content (AvgIpc) is 3.54. The number of pyridine rings is 1. The van der Waals surface area contributed by atoms with E-state index in [1.165, 1.54) is 10.6 Å². The monoisotopic (exact) mass is 513 g/mol. The number of benzene rings is 2. The molecule has 2 atom stereocenters. The van der Waals surface area contributed by atoms with Gasteiger partial charge in [-0.05, 0) is 61.0 Å². The minimum Gasteiger partial charge on any atom is -0.491 e. The van der Waals surface area contributed by atoms with Crippen LogP contribution in [0.4, 0.5) is 18.9 Å². The van der Waals surface area contributed by atoms with E-state index in [2.05, 4.69) is 5.32 Å². The molecule has 6 rings (SSSR count). The van der Waals surface area contributed by atoms with Crippen molar-refractivity contribution in [1.29, 1.82) is 0 Å². The third kappa shape index (κ3) is 5.07. The van der Waals surface area contributed by atoms with Crippen LogP contribution in [-0.2, 0) is 4.74 Å². The Morgan fingerprint density at radius 3 is 2.70 bits per heavy atom. The lowest BCUT2D eigenvalue weighted by molar-refractivity contribution is -0.0943. The van der Waals surface area contributed by atoms with Crippen LogP contribution in [0.5, 0.6) is 5.75 Å². The summed E-state index contributed by atoms with van der Waals surface area (Å²) in [7, 11) is 0. The zero-order valence-electron chi connectivity index (χ0n) is 20.5. The Hall–Kier alpha value is -3.04. The molecule has 2 saturated heterocycles. The summed E-state index contributed by atoms with van der Waals surface area (Å²) in [6.07, 6.45) is 4.31. The molecule has 0 spiro atoms. The Balaban J connectivity index is 1.15. The van der Waals surface area contributed by atoms with E-state index in [0.29, 0.717) is 42.2 Å². The summed E-state index contributed by atoms with van der Waals surface area (Å²) in [5.74, 6) is -2.29. The van der Waals surface area contributed by atoms with Gasteiger partial charge in [-0.15, -0.1) is 0 Å². The molecular weight excluding hydrogens is 483 g/mol. The minimum atomic E-state index is -2.56. The standard InChI is InChI=1S/C28H30F3N3O3/c29-25-13-21(3-6-26(25)33-9-8-19(16-33)32-20-14-28(30,31)15-20)34-10-7-18-12-22(4-5-24(18)27(34)35)37-17-23-2-1-11-36-23/h3-7,10,12-13,19-20,23,32H,1-2,8-9,11,14-17H2. The van der Waals surface area contributed by atoms with Crippen molar-refractivity contribution in [3.63, 3.8) is 0 Å². The number of alkyl halides is 2. The number of rotatable bonds is 7. The molecular formula is C28H30F3N3O3. The van der Waals surface area contributed by atoms with Crippen molar-refractivity contribution in [2.75, 3.05) is 31.2 Å². The SMILES string of the molecule is O=c1c2ccc(OCC3CCCO3)cc2ccn1-c1ccc(N2CCC(NC3CC(F)(F)C3)C2)c(F)c1. The summed E-state index contributed by atoms with van der Waals surface area (Å²) >= 11 is 0. The van der Waals surface area contributed by atoms with Gasteiger partial charge in [-0.25, -0.2) is 13.2 Å². The Morgan fingerprint density at radius 1 is 1.08 bits per heavy atom. The van der Waals surface area contributed by atoms with E-state index < -0.39 is 11.7 Å². The normalized spacial score (nSPS) is 23.5. The maximum absolute atomic E-state index is 15.2. The van der Waals surface area contributed by atoms with Crippen LogP contribution in [0.25, 0.3) is 16.5 Å². The first-order chi connectivity index (χ1) is 17.8. The molecule has 2 aliphatic heterocycles. The van der Waals surface area contributed by atoms with Crippen LogP contribution in [0.2, 0.25) is 0 Å². The molecule has 2 aromatic carbocycles. The molecule has 1 N–H and O–H groups in total. The third-order valence-corrected chi connectivity index (χ3v) is 7.64. The number of anilines is 1. The highest BCUT2D eigenvalue weighted by atomic mass is 19.3. The van der Waals surface area contributed by atoms with E-state index in [9.17, 15) is 13.6 Å². The molecule has 3 aliphatic rings. The fourth-order valence-electron chi connectivity index (χ4n) is 5.61. The fraction of sp³-hybridized carbons (Fsp3) is 0.464. The first-order valence-corrected chi connectivity index (χ1v) is 12.9. The second-order valence-corrected chi connectivity index (χ2v) is 10.4. The van der Waals surface area contributed by atoms with Crippen molar-refractivity contribution in [3.05, 3.63) is 64.8 Å². The molecule has 3 aromatic rings. The number of hydrogen-bond acceptors (Lipinski definition) is 5. The van der Waals surface area contributed by atoms with Crippen LogP contribution in [0.3, 0.4) is 0 Å². The van der Waals surface area contributed by atoms with E-state index in [4.69, 9.17) is 9.47 Å². The summed E-state index contributed by atoms with van der Waals surface area (Å²) in [4.78, 5) is 15.1. The van der Waals surface area contributed by atoms with Crippen LogP contribution >= 0.6 is 0 Å². The second kappa shape index (κ2) is 9.68. The molecule has 3 heterocycles. The van der Waals surface area contributed by atoms with Gasteiger partial charge in [-0.2, -0.15) is 0 Å². The molecule has 196 valence electrons.